The summed E-state index contributed by atoms with van der Waals surface area (Å²) in [5.41, 5.74) is 1.09. The summed E-state index contributed by atoms with van der Waals surface area (Å²) >= 11 is 6.16. The zero-order chi connectivity index (χ0) is 25.9. The number of hydroxylamine groups is 1. The van der Waals surface area contributed by atoms with Gasteiger partial charge in [-0.05, 0) is 55.8 Å². The number of hydrogen-bond donors (Lipinski definition) is 1. The maximum Gasteiger partial charge on any atom is 0.261 e. The summed E-state index contributed by atoms with van der Waals surface area (Å²) in [5, 5.41) is 0.313. The first-order valence-corrected chi connectivity index (χ1v) is 12.9. The fourth-order valence-electron chi connectivity index (χ4n) is 3.74. The average molecular weight is 527 g/mol. The van der Waals surface area contributed by atoms with Crippen molar-refractivity contribution in [1.29, 1.82) is 0 Å². The number of nitrogens with zero attached hydrogens (tertiary/aromatic N) is 2. The third-order valence-corrected chi connectivity index (χ3v) is 7.54. The highest BCUT2D eigenvalue weighted by molar-refractivity contribution is 7.92. The lowest BCUT2D eigenvalue weighted by molar-refractivity contribution is -0.728. The molecule has 36 heavy (non-hydrogen) atoms. The Morgan fingerprint density at radius 1 is 1.19 bits per heavy atom. The summed E-state index contributed by atoms with van der Waals surface area (Å²) in [4.78, 5) is 22.5. The third-order valence-electron chi connectivity index (χ3n) is 5.92. The molecule has 2 heterocycles. The molecule has 0 amide bonds. The number of aromatic nitrogens is 1. The number of sulfonamides is 1. The first-order valence-electron chi connectivity index (χ1n) is 11.0. The van der Waals surface area contributed by atoms with Gasteiger partial charge in [0.05, 0.1) is 16.8 Å². The maximum atomic E-state index is 13.3. The van der Waals surface area contributed by atoms with Crippen molar-refractivity contribution in [2.24, 2.45) is 0 Å². The van der Waals surface area contributed by atoms with Crippen LogP contribution in [0.25, 0.3) is 0 Å². The van der Waals surface area contributed by atoms with E-state index in [4.69, 9.17) is 20.9 Å². The van der Waals surface area contributed by atoms with Crippen LogP contribution in [0.1, 0.15) is 41.9 Å². The zero-order valence-corrected chi connectivity index (χ0v) is 21.5. The predicted molar refractivity (Wildman–Crippen MR) is 137 cm³/mol. The highest BCUT2D eigenvalue weighted by Crippen LogP contribution is 2.32. The molecule has 4 rings (SSSR count). The van der Waals surface area contributed by atoms with Gasteiger partial charge in [0.25, 0.3) is 10.0 Å². The van der Waals surface area contributed by atoms with Gasteiger partial charge in [-0.1, -0.05) is 23.7 Å². The number of oxazole rings is 1. The third kappa shape index (κ3) is 5.27. The lowest BCUT2D eigenvalue weighted by Gasteiger charge is -2.22. The minimum absolute atomic E-state index is 0.0497. The van der Waals surface area contributed by atoms with Crippen LogP contribution in [-0.2, 0) is 20.3 Å². The average Bonchev–Trinajstić information content (AvgIpc) is 3.31. The van der Waals surface area contributed by atoms with E-state index in [1.54, 1.807) is 42.9 Å². The van der Waals surface area contributed by atoms with Crippen LogP contribution in [-0.4, -0.2) is 37.2 Å². The van der Waals surface area contributed by atoms with Gasteiger partial charge in [-0.25, -0.2) is 13.4 Å². The Labute approximate surface area is 214 Å². The largest absolute Gasteiger partial charge is 0.448 e. The molecule has 186 valence electrons. The van der Waals surface area contributed by atoms with Gasteiger partial charge < -0.3 is 4.42 Å². The van der Waals surface area contributed by atoms with E-state index in [2.05, 4.69) is 9.71 Å². The summed E-state index contributed by atoms with van der Waals surface area (Å²) in [6.45, 7) is 3.92. The molecule has 8 nitrogen and oxygen atoms in total. The van der Waals surface area contributed by atoms with E-state index in [1.165, 1.54) is 48.6 Å². The summed E-state index contributed by atoms with van der Waals surface area (Å²) in [6, 6.07) is 10.9. The van der Waals surface area contributed by atoms with Gasteiger partial charge in [0.1, 0.15) is 12.9 Å². The van der Waals surface area contributed by atoms with Crippen LogP contribution in [0, 0.1) is 0 Å². The van der Waals surface area contributed by atoms with E-state index in [0.29, 0.717) is 22.8 Å². The van der Waals surface area contributed by atoms with E-state index < -0.39 is 15.4 Å². The second-order valence-corrected chi connectivity index (χ2v) is 10.7. The Hall–Kier alpha value is -3.69. The number of ketones is 1. The number of carbonyl (C=O) groups is 1. The molecule has 10 heteroatoms. The molecule has 0 saturated heterocycles. The molecule has 0 spiro atoms. The van der Waals surface area contributed by atoms with Gasteiger partial charge in [0.2, 0.25) is 12.4 Å². The number of rotatable bonds is 8. The van der Waals surface area contributed by atoms with Crippen molar-refractivity contribution in [2.75, 3.05) is 11.8 Å². The number of hydrogen-bond acceptors (Lipinski definition) is 6. The highest BCUT2D eigenvalue weighted by atomic mass is 35.5. The van der Waals surface area contributed by atoms with Crippen LogP contribution in [0.4, 0.5) is 5.69 Å². The normalized spacial score (nSPS) is 14.0. The molecule has 1 aliphatic heterocycles. The molecule has 0 aliphatic carbocycles. The van der Waals surface area contributed by atoms with Crippen molar-refractivity contribution >= 4 is 39.3 Å². The Morgan fingerprint density at radius 2 is 1.94 bits per heavy atom. The van der Waals surface area contributed by atoms with Crippen molar-refractivity contribution in [2.45, 2.75) is 30.6 Å². The van der Waals surface area contributed by atoms with Gasteiger partial charge in [-0.15, -0.1) is 0 Å². The van der Waals surface area contributed by atoms with Crippen LogP contribution in [0.15, 0.2) is 88.3 Å². The monoisotopic (exact) mass is 526 g/mol. The van der Waals surface area contributed by atoms with Crippen molar-refractivity contribution in [3.63, 3.8) is 0 Å². The molecular formula is C26H25ClN3O5S+. The fraction of sp³-hybridized carbons (Fsp3) is 0.192. The molecule has 0 fully saturated rings. The number of halogens is 1. The topological polar surface area (TPSA) is 102 Å². The maximum absolute atomic E-state index is 13.3. The predicted octanol–water partition coefficient (Wildman–Crippen LogP) is 5.13. The molecule has 0 bridgehead atoms. The Morgan fingerprint density at radius 3 is 2.61 bits per heavy atom. The Bertz CT molecular complexity index is 1470. The van der Waals surface area contributed by atoms with Gasteiger partial charge >= 0.3 is 0 Å². The van der Waals surface area contributed by atoms with Crippen LogP contribution in [0.2, 0.25) is 5.02 Å². The van der Waals surface area contributed by atoms with E-state index in [1.807, 2.05) is 13.8 Å². The fourth-order valence-corrected chi connectivity index (χ4v) is 4.99. The second-order valence-electron chi connectivity index (χ2n) is 8.61. The molecule has 2 aromatic carbocycles. The first kappa shape index (κ1) is 25.4. The van der Waals surface area contributed by atoms with Crippen molar-refractivity contribution in [3.05, 3.63) is 101 Å². The summed E-state index contributed by atoms with van der Waals surface area (Å²) < 4.78 is 35.9. The minimum Gasteiger partial charge on any atom is -0.448 e. The first-order chi connectivity index (χ1) is 17.1. The minimum atomic E-state index is -4.00. The molecule has 0 saturated carbocycles. The second kappa shape index (κ2) is 10.1. The Kier molecular flexibility index (Phi) is 7.14. The van der Waals surface area contributed by atoms with Crippen LogP contribution in [0.5, 0.6) is 0 Å². The molecule has 3 aromatic rings. The van der Waals surface area contributed by atoms with Crippen molar-refractivity contribution in [3.8, 4) is 0 Å². The van der Waals surface area contributed by atoms with Crippen LogP contribution < -0.4 is 4.72 Å². The lowest BCUT2D eigenvalue weighted by atomic mass is 9.83. The van der Waals surface area contributed by atoms with Gasteiger partial charge in [0, 0.05) is 38.8 Å². The van der Waals surface area contributed by atoms with E-state index in [-0.39, 0.29) is 21.9 Å². The van der Waals surface area contributed by atoms with Crippen LogP contribution in [0.3, 0.4) is 0 Å². The van der Waals surface area contributed by atoms with Crippen molar-refractivity contribution < 1.29 is 27.2 Å². The Balaban J connectivity index is 1.62. The molecular weight excluding hydrogens is 502 g/mol. The standard InChI is InChI=1S/C26H24ClN3O5S/c1-26(2,24-16-28-17-35-24)19-6-9-21(10-7-19)36(32,33)29-23-11-8-20(27)15-22(23)25(31)18-5-4-13-30(34-3)14-12-18/h4,6-17H,5H2,1-3H3/p+1. The number of nitrogens with one attached hydrogen (secondary N) is 1. The molecule has 1 aromatic heterocycles. The zero-order valence-electron chi connectivity index (χ0n) is 19.9. The smallest absolute Gasteiger partial charge is 0.261 e. The van der Waals surface area contributed by atoms with E-state index in [0.717, 1.165) is 5.56 Å². The molecule has 0 unspecified atom stereocenters. The van der Waals surface area contributed by atoms with Gasteiger partial charge in [-0.3, -0.25) is 14.4 Å². The SMILES string of the molecule is CO[N+]1=CC=C(C(=O)c2cc(Cl)ccc2NS(=O)(=O)c2ccc(C(C)(C)c3cnco3)cc2)CC=C1. The molecule has 0 radical (unpaired) electrons. The van der Waals surface area contributed by atoms with Gasteiger partial charge in [-0.2, -0.15) is 0 Å². The van der Waals surface area contributed by atoms with Crippen LogP contribution >= 0.6 is 11.6 Å². The number of Topliss-reactive ketones (excluding diaryl/α,β-unsaturated/α-hetero) is 1. The quantitative estimate of drug-likeness (QED) is 0.322. The van der Waals surface area contributed by atoms with E-state index >= 15 is 0 Å². The molecule has 1 N–H and O–H groups in total. The summed E-state index contributed by atoms with van der Waals surface area (Å²) in [6.07, 6.45) is 10.0. The van der Waals surface area contributed by atoms with E-state index in [9.17, 15) is 13.2 Å². The number of allylic oxidation sites excluding steroid dienone is 3. The van der Waals surface area contributed by atoms with Crippen molar-refractivity contribution in [1.82, 2.24) is 4.98 Å². The summed E-state index contributed by atoms with van der Waals surface area (Å²) in [5.74, 6) is 0.312. The van der Waals surface area contributed by atoms with Gasteiger partial charge in [0.15, 0.2) is 12.2 Å². The summed E-state index contributed by atoms with van der Waals surface area (Å²) in [7, 11) is -2.49. The lowest BCUT2D eigenvalue weighted by Crippen LogP contribution is -2.19. The number of carbonyl (C=O) groups excluding carboxylic acids is 1. The highest BCUT2D eigenvalue weighted by Gasteiger charge is 2.28. The number of benzene rings is 2. The molecule has 0 atom stereocenters. The molecule has 1 aliphatic rings. The number of anilines is 1.